The molecule has 0 aliphatic carbocycles. The van der Waals surface area contributed by atoms with Crippen LogP contribution in [0.25, 0.3) is 0 Å². The normalized spacial score (nSPS) is 12.6. The van der Waals surface area contributed by atoms with E-state index in [4.69, 9.17) is 5.73 Å². The molecule has 0 aromatic carbocycles. The first-order valence-electron chi connectivity index (χ1n) is 4.92. The van der Waals surface area contributed by atoms with Gasteiger partial charge in [-0.1, -0.05) is 30.5 Å². The summed E-state index contributed by atoms with van der Waals surface area (Å²) in [5, 5.41) is 0. The Labute approximate surface area is 87.7 Å². The predicted molar refractivity (Wildman–Crippen MR) is 63.0 cm³/mol. The number of allylic oxidation sites excluding steroid dienone is 2. The monoisotopic (exact) mass is 191 g/mol. The van der Waals surface area contributed by atoms with E-state index in [-0.39, 0.29) is 5.54 Å². The topological polar surface area (TPSA) is 26.0 Å². The quantitative estimate of drug-likeness (QED) is 0.524. The SMILES string of the molecule is C=C=C=CCC(=C)CC(C)C(C)(C)N. The van der Waals surface area contributed by atoms with Gasteiger partial charge in [0, 0.05) is 5.54 Å². The van der Waals surface area contributed by atoms with E-state index in [1.807, 2.05) is 19.9 Å². The van der Waals surface area contributed by atoms with E-state index in [1.165, 1.54) is 5.57 Å². The van der Waals surface area contributed by atoms with Crippen molar-refractivity contribution in [1.82, 2.24) is 0 Å². The summed E-state index contributed by atoms with van der Waals surface area (Å²) in [7, 11) is 0. The maximum Gasteiger partial charge on any atom is 0.0126 e. The van der Waals surface area contributed by atoms with Crippen LogP contribution in [0.4, 0.5) is 0 Å². The summed E-state index contributed by atoms with van der Waals surface area (Å²) in [5.41, 5.74) is 12.4. The predicted octanol–water partition coefficient (Wildman–Crippen LogP) is 3.19. The van der Waals surface area contributed by atoms with Gasteiger partial charge in [0.15, 0.2) is 0 Å². The first-order chi connectivity index (χ1) is 6.38. The molecule has 0 aromatic heterocycles. The molecule has 0 aliphatic rings. The van der Waals surface area contributed by atoms with Crippen LogP contribution in [-0.2, 0) is 0 Å². The molecule has 1 nitrogen and oxygen atoms in total. The highest BCUT2D eigenvalue weighted by atomic mass is 14.7. The average Bonchev–Trinajstić information content (AvgIpc) is 2.03. The maximum atomic E-state index is 5.99. The molecule has 0 aliphatic heterocycles. The van der Waals surface area contributed by atoms with Crippen molar-refractivity contribution < 1.29 is 0 Å². The second-order valence-electron chi connectivity index (χ2n) is 4.41. The lowest BCUT2D eigenvalue weighted by Crippen LogP contribution is -2.39. The van der Waals surface area contributed by atoms with Gasteiger partial charge < -0.3 is 5.73 Å². The Kier molecular flexibility index (Phi) is 5.27. The van der Waals surface area contributed by atoms with Crippen molar-refractivity contribution in [2.75, 3.05) is 0 Å². The first kappa shape index (κ1) is 13.0. The molecule has 0 radical (unpaired) electrons. The van der Waals surface area contributed by atoms with E-state index in [1.54, 1.807) is 0 Å². The van der Waals surface area contributed by atoms with Crippen LogP contribution < -0.4 is 5.73 Å². The van der Waals surface area contributed by atoms with Crippen molar-refractivity contribution in [2.24, 2.45) is 11.7 Å². The van der Waals surface area contributed by atoms with E-state index in [9.17, 15) is 0 Å². The fourth-order valence-electron chi connectivity index (χ4n) is 1.05. The summed E-state index contributed by atoms with van der Waals surface area (Å²) in [5.74, 6) is 0.441. The van der Waals surface area contributed by atoms with Gasteiger partial charge in [-0.2, -0.15) is 0 Å². The number of rotatable bonds is 5. The second-order valence-corrected chi connectivity index (χ2v) is 4.41. The van der Waals surface area contributed by atoms with Crippen molar-refractivity contribution >= 4 is 0 Å². The molecule has 1 heteroatoms. The van der Waals surface area contributed by atoms with Gasteiger partial charge in [0.2, 0.25) is 0 Å². The fraction of sp³-hybridized carbons (Fsp3) is 0.538. The molecule has 0 heterocycles. The van der Waals surface area contributed by atoms with Crippen molar-refractivity contribution in [3.63, 3.8) is 0 Å². The van der Waals surface area contributed by atoms with Gasteiger partial charge >= 0.3 is 0 Å². The van der Waals surface area contributed by atoms with Crippen LogP contribution in [0.5, 0.6) is 0 Å². The molecule has 0 amide bonds. The van der Waals surface area contributed by atoms with Crippen LogP contribution in [0, 0.1) is 5.92 Å². The van der Waals surface area contributed by atoms with Crippen LogP contribution in [0.2, 0.25) is 0 Å². The molecule has 0 fully saturated rings. The Morgan fingerprint density at radius 1 is 1.57 bits per heavy atom. The fourth-order valence-corrected chi connectivity index (χ4v) is 1.05. The Balaban J connectivity index is 4.07. The van der Waals surface area contributed by atoms with Crippen LogP contribution in [-0.4, -0.2) is 5.54 Å². The number of hydrogen-bond donors (Lipinski definition) is 1. The third-order valence-corrected chi connectivity index (χ3v) is 2.46. The minimum absolute atomic E-state index is 0.138. The standard InChI is InChI=1S/C13H21N/c1-6-7-8-9-11(2)10-12(3)13(4,5)14/h8,12H,1-2,9-10,14H2,3-5H3. The molecule has 0 bridgehead atoms. The lowest BCUT2D eigenvalue weighted by Gasteiger charge is -2.27. The minimum atomic E-state index is -0.138. The van der Waals surface area contributed by atoms with Gasteiger partial charge in [-0.15, -0.1) is 0 Å². The summed E-state index contributed by atoms with van der Waals surface area (Å²) >= 11 is 0. The van der Waals surface area contributed by atoms with Gasteiger partial charge in [-0.05, 0) is 45.3 Å². The summed E-state index contributed by atoms with van der Waals surface area (Å²) < 4.78 is 0. The molecule has 2 N–H and O–H groups in total. The molecule has 14 heavy (non-hydrogen) atoms. The van der Waals surface area contributed by atoms with Crippen LogP contribution in [0.1, 0.15) is 33.6 Å². The van der Waals surface area contributed by atoms with Crippen LogP contribution >= 0.6 is 0 Å². The van der Waals surface area contributed by atoms with Crippen LogP contribution in [0.3, 0.4) is 0 Å². The zero-order valence-corrected chi connectivity index (χ0v) is 9.56. The summed E-state index contributed by atoms with van der Waals surface area (Å²) in [6.07, 6.45) is 3.69. The van der Waals surface area contributed by atoms with E-state index < -0.39 is 0 Å². The lowest BCUT2D eigenvalue weighted by molar-refractivity contribution is 0.343. The molecule has 0 aromatic rings. The molecule has 1 unspecified atom stereocenters. The molecule has 1 atom stereocenters. The molecule has 0 spiro atoms. The van der Waals surface area contributed by atoms with Crippen molar-refractivity contribution in [3.8, 4) is 0 Å². The van der Waals surface area contributed by atoms with E-state index >= 15 is 0 Å². The van der Waals surface area contributed by atoms with Gasteiger partial charge in [0.05, 0.1) is 0 Å². The van der Waals surface area contributed by atoms with Gasteiger partial charge in [-0.3, -0.25) is 0 Å². The molecular formula is C13H21N. The Morgan fingerprint density at radius 2 is 2.14 bits per heavy atom. The Hall–Kier alpha value is -1.00. The highest BCUT2D eigenvalue weighted by Crippen LogP contribution is 2.21. The third-order valence-electron chi connectivity index (χ3n) is 2.46. The van der Waals surface area contributed by atoms with Crippen molar-refractivity contribution in [3.05, 3.63) is 36.3 Å². The summed E-state index contributed by atoms with van der Waals surface area (Å²) in [6, 6.07) is 0. The van der Waals surface area contributed by atoms with Crippen molar-refractivity contribution in [2.45, 2.75) is 39.2 Å². The number of nitrogens with two attached hydrogens (primary N) is 1. The van der Waals surface area contributed by atoms with E-state index in [0.717, 1.165) is 12.8 Å². The zero-order chi connectivity index (χ0) is 11.2. The zero-order valence-electron chi connectivity index (χ0n) is 9.56. The molecule has 0 saturated carbocycles. The Morgan fingerprint density at radius 3 is 2.57 bits per heavy atom. The second kappa shape index (κ2) is 5.67. The first-order valence-corrected chi connectivity index (χ1v) is 4.92. The number of hydrogen-bond acceptors (Lipinski definition) is 1. The molecule has 0 rings (SSSR count). The van der Waals surface area contributed by atoms with E-state index in [0.29, 0.717) is 5.92 Å². The van der Waals surface area contributed by atoms with Gasteiger partial charge in [-0.25, -0.2) is 0 Å². The van der Waals surface area contributed by atoms with E-state index in [2.05, 4.69) is 31.5 Å². The maximum absolute atomic E-state index is 5.99. The highest BCUT2D eigenvalue weighted by molar-refractivity contribution is 5.04. The largest absolute Gasteiger partial charge is 0.325 e. The van der Waals surface area contributed by atoms with Gasteiger partial charge in [0.1, 0.15) is 0 Å². The Bertz CT molecular complexity index is 268. The average molecular weight is 191 g/mol. The summed E-state index contributed by atoms with van der Waals surface area (Å²) in [4.78, 5) is 0. The molecule has 78 valence electrons. The van der Waals surface area contributed by atoms with Crippen LogP contribution in [0.15, 0.2) is 36.3 Å². The van der Waals surface area contributed by atoms with Gasteiger partial charge in [0.25, 0.3) is 0 Å². The highest BCUT2D eigenvalue weighted by Gasteiger charge is 2.20. The molecule has 0 saturated heterocycles. The smallest absolute Gasteiger partial charge is 0.0126 e. The van der Waals surface area contributed by atoms with Crippen molar-refractivity contribution in [1.29, 1.82) is 0 Å². The minimum Gasteiger partial charge on any atom is -0.325 e. The summed E-state index contributed by atoms with van der Waals surface area (Å²) in [6.45, 7) is 13.7. The molecular weight excluding hydrogens is 170 g/mol. The third kappa shape index (κ3) is 5.61. The lowest BCUT2D eigenvalue weighted by atomic mass is 9.85.